The van der Waals surface area contributed by atoms with Gasteiger partial charge in [-0.3, -0.25) is 14.5 Å². The van der Waals surface area contributed by atoms with E-state index in [0.29, 0.717) is 37.9 Å². The van der Waals surface area contributed by atoms with Crippen molar-refractivity contribution in [1.29, 1.82) is 0 Å². The summed E-state index contributed by atoms with van der Waals surface area (Å²) in [4.78, 5) is 40.6. The third kappa shape index (κ3) is 3.90. The molecule has 7 nitrogen and oxygen atoms in total. The Labute approximate surface area is 165 Å². The maximum absolute atomic E-state index is 13.3. The number of hydrogen-bond donors (Lipinski definition) is 1. The number of aliphatic carboxylic acids is 1. The zero-order valence-corrected chi connectivity index (χ0v) is 16.7. The summed E-state index contributed by atoms with van der Waals surface area (Å²) >= 11 is 0. The Kier molecular flexibility index (Phi) is 5.74. The van der Waals surface area contributed by atoms with Crippen molar-refractivity contribution in [2.45, 2.75) is 51.8 Å². The molecule has 0 bridgehead atoms. The van der Waals surface area contributed by atoms with E-state index in [1.54, 1.807) is 23.1 Å². The molecule has 2 fully saturated rings. The molecule has 3 rings (SSSR count). The summed E-state index contributed by atoms with van der Waals surface area (Å²) in [5.41, 5.74) is 0.411. The normalized spacial score (nSPS) is 21.4. The van der Waals surface area contributed by atoms with Crippen molar-refractivity contribution >= 4 is 17.8 Å². The molecule has 0 aliphatic carbocycles. The number of hydrogen-bond acceptors (Lipinski definition) is 4. The predicted octanol–water partition coefficient (Wildman–Crippen LogP) is 2.29. The maximum Gasteiger partial charge on any atom is 0.328 e. The number of aryl methyl sites for hydroxylation is 1. The molecule has 2 aliphatic heterocycles. The predicted molar refractivity (Wildman–Crippen MR) is 103 cm³/mol. The first-order valence-corrected chi connectivity index (χ1v) is 9.78. The highest BCUT2D eigenvalue weighted by Crippen LogP contribution is 2.38. The quantitative estimate of drug-likeness (QED) is 0.855. The molecule has 0 saturated carbocycles. The van der Waals surface area contributed by atoms with E-state index in [9.17, 15) is 19.5 Å². The first kappa shape index (κ1) is 20.3. The lowest BCUT2D eigenvalue weighted by atomic mass is 9.96. The van der Waals surface area contributed by atoms with Crippen LogP contribution in [0.5, 0.6) is 0 Å². The smallest absolute Gasteiger partial charge is 0.328 e. The largest absolute Gasteiger partial charge is 0.480 e. The van der Waals surface area contributed by atoms with Crippen LogP contribution in [0.15, 0.2) is 24.3 Å². The summed E-state index contributed by atoms with van der Waals surface area (Å²) < 4.78 is 5.94. The van der Waals surface area contributed by atoms with Crippen molar-refractivity contribution in [2.75, 3.05) is 19.7 Å². The highest BCUT2D eigenvalue weighted by atomic mass is 16.5. The van der Waals surface area contributed by atoms with Crippen LogP contribution in [0.3, 0.4) is 0 Å². The van der Waals surface area contributed by atoms with E-state index in [1.807, 2.05) is 26.8 Å². The number of carboxylic acid groups (broad SMARTS) is 1. The molecule has 0 aromatic heterocycles. The fourth-order valence-electron chi connectivity index (χ4n) is 4.06. The topological polar surface area (TPSA) is 87.2 Å². The number of benzene rings is 1. The first-order valence-electron chi connectivity index (χ1n) is 9.78. The summed E-state index contributed by atoms with van der Waals surface area (Å²) in [6, 6.07) is 6.11. The number of ether oxygens (including phenoxy) is 1. The summed E-state index contributed by atoms with van der Waals surface area (Å²) in [5, 5.41) is 9.65. The number of likely N-dealkylation sites (tertiary alicyclic amines) is 1. The van der Waals surface area contributed by atoms with Gasteiger partial charge in [0.25, 0.3) is 5.91 Å². The van der Waals surface area contributed by atoms with Gasteiger partial charge in [0, 0.05) is 37.9 Å². The minimum Gasteiger partial charge on any atom is -0.480 e. The molecule has 1 N–H and O–H groups in total. The SMILES string of the molecule is Cc1cccc(C(=O)N2[C@H](C(=O)O)COC23CCN(C(=O)CC(C)C)CC3)c1. The van der Waals surface area contributed by atoms with Crippen LogP contribution >= 0.6 is 0 Å². The summed E-state index contributed by atoms with van der Waals surface area (Å²) in [7, 11) is 0. The van der Waals surface area contributed by atoms with Crippen molar-refractivity contribution in [3.63, 3.8) is 0 Å². The van der Waals surface area contributed by atoms with Crippen molar-refractivity contribution in [2.24, 2.45) is 5.92 Å². The Balaban J connectivity index is 1.83. The Morgan fingerprint density at radius 2 is 1.93 bits per heavy atom. The Morgan fingerprint density at radius 1 is 1.25 bits per heavy atom. The lowest BCUT2D eigenvalue weighted by molar-refractivity contribution is -0.148. The average Bonchev–Trinajstić information content (AvgIpc) is 3.00. The lowest BCUT2D eigenvalue weighted by Crippen LogP contribution is -2.58. The highest BCUT2D eigenvalue weighted by Gasteiger charge is 2.54. The van der Waals surface area contributed by atoms with Gasteiger partial charge >= 0.3 is 5.97 Å². The summed E-state index contributed by atoms with van der Waals surface area (Å²) in [6.07, 6.45) is 1.31. The van der Waals surface area contributed by atoms with Gasteiger partial charge in [0.1, 0.15) is 5.72 Å². The van der Waals surface area contributed by atoms with Gasteiger partial charge in [0.2, 0.25) is 5.91 Å². The number of rotatable bonds is 4. The van der Waals surface area contributed by atoms with Gasteiger partial charge in [-0.05, 0) is 25.0 Å². The van der Waals surface area contributed by atoms with E-state index in [-0.39, 0.29) is 24.3 Å². The molecule has 1 spiro atoms. The van der Waals surface area contributed by atoms with Crippen molar-refractivity contribution in [3.8, 4) is 0 Å². The Bertz CT molecular complexity index is 768. The third-order valence-electron chi connectivity index (χ3n) is 5.51. The molecule has 2 heterocycles. The van der Waals surface area contributed by atoms with E-state index >= 15 is 0 Å². The highest BCUT2D eigenvalue weighted by molar-refractivity contribution is 5.97. The molecule has 1 aromatic carbocycles. The van der Waals surface area contributed by atoms with Crippen LogP contribution in [-0.4, -0.2) is 64.2 Å². The lowest BCUT2D eigenvalue weighted by Gasteiger charge is -2.44. The van der Waals surface area contributed by atoms with Gasteiger partial charge in [0.15, 0.2) is 6.04 Å². The van der Waals surface area contributed by atoms with Gasteiger partial charge in [-0.15, -0.1) is 0 Å². The Morgan fingerprint density at radius 3 is 2.50 bits per heavy atom. The van der Waals surface area contributed by atoms with Gasteiger partial charge < -0.3 is 14.7 Å². The molecule has 7 heteroatoms. The molecular formula is C21H28N2O5. The van der Waals surface area contributed by atoms with E-state index < -0.39 is 17.7 Å². The minimum atomic E-state index is -1.07. The minimum absolute atomic E-state index is 0.0349. The van der Waals surface area contributed by atoms with E-state index in [4.69, 9.17) is 4.74 Å². The standard InChI is InChI=1S/C21H28N2O5/c1-14(2)11-18(24)22-9-7-21(8-10-22)23(17(13-28-21)20(26)27)19(25)16-6-4-5-15(3)12-16/h4-6,12,14,17H,7-11,13H2,1-3H3,(H,26,27)/t17-/m0/s1. The number of amides is 2. The first-order chi connectivity index (χ1) is 13.2. The van der Waals surface area contributed by atoms with E-state index in [2.05, 4.69) is 0 Å². The monoisotopic (exact) mass is 388 g/mol. The molecule has 28 heavy (non-hydrogen) atoms. The zero-order valence-electron chi connectivity index (χ0n) is 16.7. The van der Waals surface area contributed by atoms with Crippen molar-refractivity contribution in [3.05, 3.63) is 35.4 Å². The van der Waals surface area contributed by atoms with Crippen molar-refractivity contribution < 1.29 is 24.2 Å². The second-order valence-corrected chi connectivity index (χ2v) is 8.13. The second-order valence-electron chi connectivity index (χ2n) is 8.13. The molecular weight excluding hydrogens is 360 g/mol. The number of carbonyl (C=O) groups is 3. The summed E-state index contributed by atoms with van der Waals surface area (Å²) in [5.74, 6) is -1.04. The van der Waals surface area contributed by atoms with Gasteiger partial charge in [-0.2, -0.15) is 0 Å². The molecule has 2 amide bonds. The van der Waals surface area contributed by atoms with Gasteiger partial charge in [-0.25, -0.2) is 4.79 Å². The number of carboxylic acids is 1. The van der Waals surface area contributed by atoms with Crippen LogP contribution < -0.4 is 0 Å². The Hall–Kier alpha value is -2.41. The number of carbonyl (C=O) groups excluding carboxylic acids is 2. The van der Waals surface area contributed by atoms with E-state index in [1.165, 1.54) is 4.90 Å². The number of nitrogens with zero attached hydrogens (tertiary/aromatic N) is 2. The fourth-order valence-corrected chi connectivity index (χ4v) is 4.06. The van der Waals surface area contributed by atoms with Crippen molar-refractivity contribution in [1.82, 2.24) is 9.80 Å². The second kappa shape index (κ2) is 7.91. The molecule has 2 saturated heterocycles. The fraction of sp³-hybridized carbons (Fsp3) is 0.571. The molecule has 1 atom stereocenters. The summed E-state index contributed by atoms with van der Waals surface area (Å²) in [6.45, 7) is 6.77. The van der Waals surface area contributed by atoms with Gasteiger partial charge in [0.05, 0.1) is 6.61 Å². The van der Waals surface area contributed by atoms with Crippen LogP contribution in [0.2, 0.25) is 0 Å². The molecule has 0 unspecified atom stereocenters. The average molecular weight is 388 g/mol. The van der Waals surface area contributed by atoms with E-state index in [0.717, 1.165) is 5.56 Å². The van der Waals surface area contributed by atoms with Crippen LogP contribution in [0.1, 0.15) is 49.0 Å². The number of piperidine rings is 1. The van der Waals surface area contributed by atoms with Gasteiger partial charge in [-0.1, -0.05) is 31.5 Å². The zero-order chi connectivity index (χ0) is 20.5. The maximum atomic E-state index is 13.3. The third-order valence-corrected chi connectivity index (χ3v) is 5.51. The molecule has 1 aromatic rings. The van der Waals surface area contributed by atoms with Crippen LogP contribution in [-0.2, 0) is 14.3 Å². The van der Waals surface area contributed by atoms with Crippen LogP contribution in [0.4, 0.5) is 0 Å². The van der Waals surface area contributed by atoms with Crippen LogP contribution in [0.25, 0.3) is 0 Å². The molecule has 2 aliphatic rings. The van der Waals surface area contributed by atoms with Crippen LogP contribution in [0, 0.1) is 12.8 Å². The molecule has 0 radical (unpaired) electrons. The molecule has 152 valence electrons.